The molecular formula is C23H24FN3O3. The lowest BCUT2D eigenvalue weighted by molar-refractivity contribution is 0.0635. The minimum absolute atomic E-state index is 0.180. The van der Waals surface area contributed by atoms with Gasteiger partial charge in [0.1, 0.15) is 5.60 Å². The highest BCUT2D eigenvalue weighted by atomic mass is 19.1. The van der Waals surface area contributed by atoms with Gasteiger partial charge in [-0.15, -0.1) is 0 Å². The molecule has 0 atom stereocenters. The number of nitrogens with zero attached hydrogens (tertiary/aromatic N) is 1. The maximum absolute atomic E-state index is 14.9. The van der Waals surface area contributed by atoms with Gasteiger partial charge in [-0.2, -0.15) is 4.39 Å². The molecule has 0 aromatic heterocycles. The number of anilines is 2. The standard InChI is InChI=1S/C23H24FN3O3/c1-23(2,3)30-22(29)26-18-11-7-8-12-19(18)27-14-13-17(15-20(27)24)25-21(28)16-9-5-4-6-10-16/h4-13,15H,14H2,1-3H3,(H,25,28)(H,26,29). The summed E-state index contributed by atoms with van der Waals surface area (Å²) in [5.41, 5.74) is 1.10. The van der Waals surface area contributed by atoms with Gasteiger partial charge in [-0.25, -0.2) is 4.79 Å². The normalized spacial score (nSPS) is 13.8. The summed E-state index contributed by atoms with van der Waals surface area (Å²) in [5.74, 6) is -0.870. The Labute approximate surface area is 175 Å². The first-order valence-corrected chi connectivity index (χ1v) is 9.53. The lowest BCUT2D eigenvalue weighted by atomic mass is 10.2. The maximum atomic E-state index is 14.9. The van der Waals surface area contributed by atoms with E-state index in [1.165, 1.54) is 11.0 Å². The van der Waals surface area contributed by atoms with E-state index in [4.69, 9.17) is 4.74 Å². The average Bonchev–Trinajstić information content (AvgIpc) is 2.68. The molecular weight excluding hydrogens is 385 g/mol. The van der Waals surface area contributed by atoms with Gasteiger partial charge in [-0.3, -0.25) is 10.1 Å². The lowest BCUT2D eigenvalue weighted by Gasteiger charge is -2.27. The van der Waals surface area contributed by atoms with Crippen LogP contribution in [0.4, 0.5) is 20.6 Å². The molecule has 1 aliphatic rings. The summed E-state index contributed by atoms with van der Waals surface area (Å²) in [5, 5.41) is 5.36. The third-order valence-electron chi connectivity index (χ3n) is 4.15. The number of halogens is 1. The number of hydrogen-bond donors (Lipinski definition) is 2. The monoisotopic (exact) mass is 409 g/mol. The second-order valence-corrected chi connectivity index (χ2v) is 7.70. The Morgan fingerprint density at radius 3 is 2.33 bits per heavy atom. The van der Waals surface area contributed by atoms with Crippen molar-refractivity contribution in [1.29, 1.82) is 0 Å². The van der Waals surface area contributed by atoms with Crippen molar-refractivity contribution in [3.8, 4) is 0 Å². The summed E-state index contributed by atoms with van der Waals surface area (Å²) < 4.78 is 20.2. The van der Waals surface area contributed by atoms with Gasteiger partial charge >= 0.3 is 6.09 Å². The molecule has 0 saturated carbocycles. The fourth-order valence-corrected chi connectivity index (χ4v) is 2.86. The largest absolute Gasteiger partial charge is 0.444 e. The highest BCUT2D eigenvalue weighted by molar-refractivity contribution is 5.95. The number of carbonyl (C=O) groups is 2. The van der Waals surface area contributed by atoms with E-state index < -0.39 is 17.6 Å². The van der Waals surface area contributed by atoms with E-state index in [0.717, 1.165) is 0 Å². The van der Waals surface area contributed by atoms with Crippen LogP contribution in [0.2, 0.25) is 0 Å². The number of amides is 2. The highest BCUT2D eigenvalue weighted by Gasteiger charge is 2.22. The average molecular weight is 409 g/mol. The number of nitrogens with one attached hydrogen (secondary N) is 2. The fourth-order valence-electron chi connectivity index (χ4n) is 2.86. The molecule has 3 rings (SSSR count). The van der Waals surface area contributed by atoms with Gasteiger partial charge in [0.15, 0.2) is 5.95 Å². The third-order valence-corrected chi connectivity index (χ3v) is 4.15. The summed E-state index contributed by atoms with van der Waals surface area (Å²) in [6, 6.07) is 15.6. The first-order valence-electron chi connectivity index (χ1n) is 9.53. The van der Waals surface area contributed by atoms with Crippen LogP contribution < -0.4 is 15.5 Å². The van der Waals surface area contributed by atoms with Gasteiger partial charge in [0.2, 0.25) is 0 Å². The van der Waals surface area contributed by atoms with E-state index in [-0.39, 0.29) is 12.5 Å². The molecule has 0 bridgehead atoms. The first-order chi connectivity index (χ1) is 14.2. The lowest BCUT2D eigenvalue weighted by Crippen LogP contribution is -2.31. The first kappa shape index (κ1) is 21.1. The molecule has 0 saturated heterocycles. The number of para-hydroxylation sites is 2. The molecule has 2 aromatic rings. The van der Waals surface area contributed by atoms with Crippen LogP contribution in [-0.4, -0.2) is 24.1 Å². The summed E-state index contributed by atoms with van der Waals surface area (Å²) in [6.45, 7) is 5.48. The fraction of sp³-hybridized carbons (Fsp3) is 0.217. The molecule has 0 unspecified atom stereocenters. The van der Waals surface area contributed by atoms with Gasteiger partial charge < -0.3 is 15.0 Å². The zero-order chi connectivity index (χ0) is 21.7. The second-order valence-electron chi connectivity index (χ2n) is 7.70. The summed E-state index contributed by atoms with van der Waals surface area (Å²) in [4.78, 5) is 25.8. The topological polar surface area (TPSA) is 70.7 Å². The number of benzene rings is 2. The van der Waals surface area contributed by atoms with Crippen molar-refractivity contribution >= 4 is 23.4 Å². The molecule has 156 valence electrons. The predicted octanol–water partition coefficient (Wildman–Crippen LogP) is 4.98. The van der Waals surface area contributed by atoms with Crippen molar-refractivity contribution < 1.29 is 18.7 Å². The van der Waals surface area contributed by atoms with Crippen LogP contribution in [0.25, 0.3) is 0 Å². The molecule has 2 aromatic carbocycles. The van der Waals surface area contributed by atoms with Crippen molar-refractivity contribution in [2.45, 2.75) is 26.4 Å². The Hall–Kier alpha value is -3.61. The van der Waals surface area contributed by atoms with Crippen LogP contribution in [0.5, 0.6) is 0 Å². The molecule has 2 amide bonds. The molecule has 0 spiro atoms. The second kappa shape index (κ2) is 8.82. The van der Waals surface area contributed by atoms with Crippen LogP contribution in [0.1, 0.15) is 31.1 Å². The number of ether oxygens (including phenoxy) is 1. The Morgan fingerprint density at radius 1 is 1.00 bits per heavy atom. The van der Waals surface area contributed by atoms with E-state index >= 15 is 0 Å². The molecule has 1 heterocycles. The summed E-state index contributed by atoms with van der Waals surface area (Å²) in [7, 11) is 0. The number of carbonyl (C=O) groups excluding carboxylic acids is 2. The van der Waals surface area contributed by atoms with Gasteiger partial charge in [0.05, 0.1) is 11.4 Å². The van der Waals surface area contributed by atoms with Crippen molar-refractivity contribution in [1.82, 2.24) is 5.32 Å². The van der Waals surface area contributed by atoms with Gasteiger partial charge in [-0.1, -0.05) is 30.3 Å². The number of hydrogen-bond acceptors (Lipinski definition) is 4. The molecule has 7 heteroatoms. The zero-order valence-electron chi connectivity index (χ0n) is 17.1. The van der Waals surface area contributed by atoms with E-state index in [9.17, 15) is 14.0 Å². The molecule has 2 N–H and O–H groups in total. The smallest absolute Gasteiger partial charge is 0.412 e. The van der Waals surface area contributed by atoms with E-state index in [0.29, 0.717) is 22.6 Å². The maximum Gasteiger partial charge on any atom is 0.412 e. The van der Waals surface area contributed by atoms with Crippen LogP contribution >= 0.6 is 0 Å². The van der Waals surface area contributed by atoms with E-state index in [1.807, 2.05) is 6.07 Å². The van der Waals surface area contributed by atoms with Crippen LogP contribution in [0, 0.1) is 0 Å². The van der Waals surface area contributed by atoms with Crippen molar-refractivity contribution in [3.05, 3.63) is 84.0 Å². The molecule has 1 aliphatic heterocycles. The molecule has 0 fully saturated rings. The van der Waals surface area contributed by atoms with Gasteiger partial charge in [-0.05, 0) is 51.1 Å². The van der Waals surface area contributed by atoms with Crippen molar-refractivity contribution in [3.63, 3.8) is 0 Å². The van der Waals surface area contributed by atoms with Crippen LogP contribution in [-0.2, 0) is 4.74 Å². The molecule has 0 radical (unpaired) electrons. The van der Waals surface area contributed by atoms with Crippen molar-refractivity contribution in [2.75, 3.05) is 16.8 Å². The molecule has 0 aliphatic carbocycles. The number of allylic oxidation sites excluding steroid dienone is 1. The molecule has 6 nitrogen and oxygen atoms in total. The Kier molecular flexibility index (Phi) is 6.20. The minimum atomic E-state index is -0.649. The number of rotatable bonds is 4. The predicted molar refractivity (Wildman–Crippen MR) is 115 cm³/mol. The Balaban J connectivity index is 1.72. The van der Waals surface area contributed by atoms with E-state index in [1.54, 1.807) is 75.4 Å². The SMILES string of the molecule is CC(C)(C)OC(=O)Nc1ccccc1N1CC=C(NC(=O)c2ccccc2)C=C1F. The van der Waals surface area contributed by atoms with Crippen molar-refractivity contribution in [2.24, 2.45) is 0 Å². The van der Waals surface area contributed by atoms with E-state index in [2.05, 4.69) is 10.6 Å². The third kappa shape index (κ3) is 5.47. The van der Waals surface area contributed by atoms with Crippen LogP contribution in [0.3, 0.4) is 0 Å². The minimum Gasteiger partial charge on any atom is -0.444 e. The quantitative estimate of drug-likeness (QED) is 0.699. The Morgan fingerprint density at radius 2 is 1.67 bits per heavy atom. The van der Waals surface area contributed by atoms with Crippen LogP contribution in [0.15, 0.2) is 78.4 Å². The Bertz CT molecular complexity index is 994. The van der Waals surface area contributed by atoms with Gasteiger partial charge in [0, 0.05) is 23.9 Å². The zero-order valence-corrected chi connectivity index (χ0v) is 17.1. The molecule has 30 heavy (non-hydrogen) atoms. The highest BCUT2D eigenvalue weighted by Crippen LogP contribution is 2.31. The summed E-state index contributed by atoms with van der Waals surface area (Å²) >= 11 is 0. The summed E-state index contributed by atoms with van der Waals surface area (Å²) in [6.07, 6.45) is 2.32. The van der Waals surface area contributed by atoms with Gasteiger partial charge in [0.25, 0.3) is 5.91 Å².